The Morgan fingerprint density at radius 2 is 1.59 bits per heavy atom. The smallest absolute Gasteiger partial charge is 0.0223 e. The molecule has 0 aliphatic heterocycles. The van der Waals surface area contributed by atoms with Crippen LogP contribution < -0.4 is 0 Å². The van der Waals surface area contributed by atoms with E-state index in [1.54, 1.807) is 16.7 Å². The van der Waals surface area contributed by atoms with Gasteiger partial charge in [0.1, 0.15) is 0 Å². The number of hydrogen-bond acceptors (Lipinski definition) is 0. The first kappa shape index (κ1) is 23.2. The zero-order valence-corrected chi connectivity index (χ0v) is 20.9. The average Bonchev–Trinajstić information content (AvgIpc) is 3.36. The van der Waals surface area contributed by atoms with Crippen LogP contribution in [0.15, 0.2) is 12.1 Å². The van der Waals surface area contributed by atoms with E-state index in [2.05, 4.69) is 69.3 Å². The van der Waals surface area contributed by atoms with E-state index in [0.717, 1.165) is 0 Å². The zero-order valence-electron chi connectivity index (χ0n) is 18.7. The standard InChI is InChI=1S/C26H43I/c1-6-25(4,5)17-11-7-9-13-23-16-15-21(2)24(22(23)3)14-10-8-12-18-26(27)19-20-26/h15-16H,6-14,17-20H2,1-5H3. The number of halogens is 1. The Balaban J connectivity index is 1.74. The first-order valence-electron chi connectivity index (χ1n) is 11.5. The molecule has 154 valence electrons. The van der Waals surface area contributed by atoms with Gasteiger partial charge in [-0.2, -0.15) is 0 Å². The fourth-order valence-electron chi connectivity index (χ4n) is 4.17. The monoisotopic (exact) mass is 482 g/mol. The van der Waals surface area contributed by atoms with Crippen molar-refractivity contribution in [3.05, 3.63) is 34.4 Å². The molecule has 0 radical (unpaired) electrons. The first-order valence-corrected chi connectivity index (χ1v) is 12.6. The molecule has 1 fully saturated rings. The number of aryl methyl sites for hydroxylation is 2. The lowest BCUT2D eigenvalue weighted by atomic mass is 9.84. The molecule has 1 aliphatic rings. The summed E-state index contributed by atoms with van der Waals surface area (Å²) in [7, 11) is 0. The molecule has 0 unspecified atom stereocenters. The van der Waals surface area contributed by atoms with Gasteiger partial charge in [0.15, 0.2) is 0 Å². The third kappa shape index (κ3) is 8.07. The van der Waals surface area contributed by atoms with Crippen LogP contribution in [0, 0.1) is 19.3 Å². The predicted molar refractivity (Wildman–Crippen MR) is 130 cm³/mol. The van der Waals surface area contributed by atoms with Crippen molar-refractivity contribution in [2.45, 2.75) is 122 Å². The van der Waals surface area contributed by atoms with Gasteiger partial charge in [0.25, 0.3) is 0 Å². The summed E-state index contributed by atoms with van der Waals surface area (Å²) in [6.07, 6.45) is 17.9. The van der Waals surface area contributed by atoms with Crippen LogP contribution in [0.5, 0.6) is 0 Å². The normalized spacial score (nSPS) is 15.9. The molecule has 2 rings (SSSR count). The molecule has 0 N–H and O–H groups in total. The molecule has 1 aliphatic carbocycles. The second-order valence-electron chi connectivity index (χ2n) is 9.94. The minimum absolute atomic E-state index is 0.531. The summed E-state index contributed by atoms with van der Waals surface area (Å²) in [4.78, 5) is 0. The van der Waals surface area contributed by atoms with Crippen molar-refractivity contribution >= 4 is 22.6 Å². The highest BCUT2D eigenvalue weighted by Crippen LogP contribution is 2.49. The van der Waals surface area contributed by atoms with Crippen LogP contribution >= 0.6 is 22.6 Å². The Morgan fingerprint density at radius 1 is 0.926 bits per heavy atom. The Kier molecular flexibility index (Phi) is 9.16. The van der Waals surface area contributed by atoms with Crippen molar-refractivity contribution in [2.24, 2.45) is 5.41 Å². The van der Waals surface area contributed by atoms with E-state index < -0.39 is 0 Å². The molecule has 1 aromatic rings. The fraction of sp³-hybridized carbons (Fsp3) is 0.769. The Hall–Kier alpha value is -0.0500. The van der Waals surface area contributed by atoms with Gasteiger partial charge >= 0.3 is 0 Å². The Bertz CT molecular complexity index is 580. The number of hydrogen-bond donors (Lipinski definition) is 0. The molecule has 0 heterocycles. The van der Waals surface area contributed by atoms with Gasteiger partial charge in [-0.05, 0) is 92.9 Å². The largest absolute Gasteiger partial charge is 0.0789 e. The molecule has 0 nitrogen and oxygen atoms in total. The summed E-state index contributed by atoms with van der Waals surface area (Å²) in [6.45, 7) is 11.8. The molecule has 0 bridgehead atoms. The lowest BCUT2D eigenvalue weighted by Crippen LogP contribution is -2.08. The minimum Gasteiger partial charge on any atom is -0.0789 e. The molecular formula is C26H43I. The van der Waals surface area contributed by atoms with Gasteiger partial charge in [-0.1, -0.05) is 87.6 Å². The summed E-state index contributed by atoms with van der Waals surface area (Å²) in [5.74, 6) is 0. The van der Waals surface area contributed by atoms with Gasteiger partial charge in [0.05, 0.1) is 0 Å². The number of benzene rings is 1. The molecule has 1 aromatic carbocycles. The highest BCUT2D eigenvalue weighted by molar-refractivity contribution is 14.1. The molecule has 0 aromatic heterocycles. The third-order valence-electron chi connectivity index (χ3n) is 7.05. The second-order valence-corrected chi connectivity index (χ2v) is 12.2. The van der Waals surface area contributed by atoms with E-state index in [1.165, 1.54) is 89.0 Å². The molecule has 1 heteroatoms. The van der Waals surface area contributed by atoms with Crippen LogP contribution in [0.1, 0.15) is 114 Å². The summed E-state index contributed by atoms with van der Waals surface area (Å²) >= 11 is 2.69. The van der Waals surface area contributed by atoms with Gasteiger partial charge in [0.2, 0.25) is 0 Å². The van der Waals surface area contributed by atoms with Crippen LogP contribution in [-0.2, 0) is 12.8 Å². The van der Waals surface area contributed by atoms with Crippen LogP contribution in [0.25, 0.3) is 0 Å². The van der Waals surface area contributed by atoms with Crippen molar-refractivity contribution in [3.8, 4) is 0 Å². The van der Waals surface area contributed by atoms with Gasteiger partial charge in [0, 0.05) is 3.42 Å². The van der Waals surface area contributed by atoms with Crippen LogP contribution in [-0.4, -0.2) is 3.42 Å². The van der Waals surface area contributed by atoms with E-state index in [-0.39, 0.29) is 0 Å². The maximum absolute atomic E-state index is 2.69. The van der Waals surface area contributed by atoms with Crippen molar-refractivity contribution in [3.63, 3.8) is 0 Å². The summed E-state index contributed by atoms with van der Waals surface area (Å²) < 4.78 is 0.704. The maximum Gasteiger partial charge on any atom is 0.0223 e. The quantitative estimate of drug-likeness (QED) is 0.150. The predicted octanol–water partition coefficient (Wildman–Crippen LogP) is 8.91. The molecule has 0 spiro atoms. The Labute approximate surface area is 183 Å². The van der Waals surface area contributed by atoms with Crippen LogP contribution in [0.2, 0.25) is 0 Å². The van der Waals surface area contributed by atoms with Crippen LogP contribution in [0.4, 0.5) is 0 Å². The molecule has 0 amide bonds. The van der Waals surface area contributed by atoms with E-state index in [4.69, 9.17) is 0 Å². The van der Waals surface area contributed by atoms with E-state index in [1.807, 2.05) is 0 Å². The Morgan fingerprint density at radius 3 is 2.26 bits per heavy atom. The minimum atomic E-state index is 0.531. The first-order chi connectivity index (χ1) is 12.8. The SMILES string of the molecule is CCC(C)(C)CCCCCc1ccc(C)c(CCCCCC2(I)CC2)c1C. The third-order valence-corrected chi connectivity index (χ3v) is 8.66. The summed E-state index contributed by atoms with van der Waals surface area (Å²) in [6, 6.07) is 4.78. The topological polar surface area (TPSA) is 0 Å². The van der Waals surface area contributed by atoms with E-state index in [9.17, 15) is 0 Å². The molecule has 0 atom stereocenters. The highest BCUT2D eigenvalue weighted by Gasteiger charge is 2.38. The molecule has 1 saturated carbocycles. The molecule has 0 saturated heterocycles. The lowest BCUT2D eigenvalue weighted by Gasteiger charge is -2.22. The van der Waals surface area contributed by atoms with Crippen molar-refractivity contribution < 1.29 is 0 Å². The van der Waals surface area contributed by atoms with Crippen molar-refractivity contribution in [1.82, 2.24) is 0 Å². The van der Waals surface area contributed by atoms with Gasteiger partial charge in [-0.25, -0.2) is 0 Å². The van der Waals surface area contributed by atoms with Gasteiger partial charge in [-0.15, -0.1) is 0 Å². The summed E-state index contributed by atoms with van der Waals surface area (Å²) in [5.41, 5.74) is 6.89. The molecular weight excluding hydrogens is 439 g/mol. The number of alkyl halides is 1. The fourth-order valence-corrected chi connectivity index (χ4v) is 4.83. The zero-order chi connectivity index (χ0) is 19.9. The van der Waals surface area contributed by atoms with Crippen molar-refractivity contribution in [1.29, 1.82) is 0 Å². The lowest BCUT2D eigenvalue weighted by molar-refractivity contribution is 0.308. The highest BCUT2D eigenvalue weighted by atomic mass is 127. The molecule has 27 heavy (non-hydrogen) atoms. The number of rotatable bonds is 13. The summed E-state index contributed by atoms with van der Waals surface area (Å²) in [5, 5.41) is 0. The van der Waals surface area contributed by atoms with Crippen LogP contribution in [0.3, 0.4) is 0 Å². The second kappa shape index (κ2) is 10.6. The van der Waals surface area contributed by atoms with E-state index in [0.29, 0.717) is 8.84 Å². The van der Waals surface area contributed by atoms with Gasteiger partial charge in [-0.3, -0.25) is 0 Å². The average molecular weight is 483 g/mol. The van der Waals surface area contributed by atoms with E-state index >= 15 is 0 Å². The van der Waals surface area contributed by atoms with Crippen molar-refractivity contribution in [2.75, 3.05) is 0 Å². The number of unbranched alkanes of at least 4 members (excludes halogenated alkanes) is 4. The maximum atomic E-state index is 2.69. The van der Waals surface area contributed by atoms with Gasteiger partial charge < -0.3 is 0 Å².